The average Bonchev–Trinajstić information content (AvgIpc) is 3.47. The van der Waals surface area contributed by atoms with Crippen LogP contribution in [-0.4, -0.2) is 69.2 Å². The molecule has 1 aliphatic rings. The van der Waals surface area contributed by atoms with Gasteiger partial charge in [0.25, 0.3) is 0 Å². The molecule has 344 valence electrons. The molecule has 0 unspecified atom stereocenters. The molecule has 0 aromatic rings. The van der Waals surface area contributed by atoms with Crippen LogP contribution in [0.2, 0.25) is 0 Å². The van der Waals surface area contributed by atoms with Crippen molar-refractivity contribution in [2.24, 2.45) is 11.8 Å². The van der Waals surface area contributed by atoms with Crippen LogP contribution in [0, 0.1) is 11.8 Å². The number of unbranched alkanes of at least 4 members (excludes halogenated alkanes) is 23. The standard InChI is InChI=1S/C47H85O11P/c1-3-5-7-8-9-10-11-12-13-14-15-16-17-18-19-20-21-22-23-24-30-34-47(52)58-41(39-57-59(53,54)55)38-56-46(51)33-29-26-25-28-32-42-43(45(50)37-44(42)49)36-35-40(48)31-27-6-4-2/h25,28,35-36,40-43,45,48,50H,3-24,26-27,29-34,37-39H2,1-2H3,(H2,53,54,55)/b28-25-,36-35+/t40-,41+,42+,43+,45+/m0/s1. The molecule has 0 saturated heterocycles. The van der Waals surface area contributed by atoms with E-state index in [0.29, 0.717) is 32.1 Å². The highest BCUT2D eigenvalue weighted by atomic mass is 31.2. The third kappa shape index (κ3) is 32.5. The molecule has 11 nitrogen and oxygen atoms in total. The minimum absolute atomic E-state index is 0.00488. The van der Waals surface area contributed by atoms with Crippen LogP contribution in [0.15, 0.2) is 24.3 Å². The van der Waals surface area contributed by atoms with E-state index in [1.165, 1.54) is 109 Å². The Morgan fingerprint density at radius 2 is 1.19 bits per heavy atom. The molecule has 1 rings (SSSR count). The highest BCUT2D eigenvalue weighted by Crippen LogP contribution is 2.36. The van der Waals surface area contributed by atoms with Crippen molar-refractivity contribution in [3.8, 4) is 0 Å². The second-order valence-electron chi connectivity index (χ2n) is 16.9. The molecule has 1 saturated carbocycles. The highest BCUT2D eigenvalue weighted by molar-refractivity contribution is 7.46. The Kier molecular flexibility index (Phi) is 34.3. The quantitative estimate of drug-likeness (QED) is 0.0200. The minimum atomic E-state index is -4.82. The van der Waals surface area contributed by atoms with Crippen molar-refractivity contribution in [1.82, 2.24) is 0 Å². The van der Waals surface area contributed by atoms with Crippen LogP contribution < -0.4 is 0 Å². The van der Waals surface area contributed by atoms with Gasteiger partial charge in [-0.05, 0) is 32.1 Å². The summed E-state index contributed by atoms with van der Waals surface area (Å²) in [6, 6.07) is 0. The molecule has 0 aliphatic heterocycles. The SMILES string of the molecule is CCCCCCCCCCCCCCCCCCCCCCCC(=O)O[C@H](COC(=O)CCC/C=C\C[C@H]1C(=O)C[C@@H](O)[C@@H]1/C=C/[C@@H](O)CCCCC)COP(=O)(O)O. The largest absolute Gasteiger partial charge is 0.469 e. The van der Waals surface area contributed by atoms with Gasteiger partial charge < -0.3 is 29.5 Å². The van der Waals surface area contributed by atoms with Crippen molar-refractivity contribution >= 4 is 25.5 Å². The molecule has 0 aromatic carbocycles. The van der Waals surface area contributed by atoms with Crippen molar-refractivity contribution in [2.45, 2.75) is 231 Å². The molecule has 0 bridgehead atoms. The van der Waals surface area contributed by atoms with E-state index < -0.39 is 44.7 Å². The molecule has 0 heterocycles. The fourth-order valence-corrected chi connectivity index (χ4v) is 8.07. The van der Waals surface area contributed by atoms with Gasteiger partial charge in [0, 0.05) is 31.1 Å². The zero-order valence-corrected chi connectivity index (χ0v) is 38.0. The minimum Gasteiger partial charge on any atom is -0.462 e. The first kappa shape index (κ1) is 55.1. The molecule has 0 aromatic heterocycles. The number of ketones is 1. The lowest BCUT2D eigenvalue weighted by atomic mass is 9.90. The van der Waals surface area contributed by atoms with Crippen LogP contribution in [0.25, 0.3) is 0 Å². The Balaban J connectivity index is 2.19. The van der Waals surface area contributed by atoms with Crippen molar-refractivity contribution < 1.29 is 52.9 Å². The number of allylic oxidation sites excluding steroid dienone is 2. The maximum absolute atomic E-state index is 12.5. The molecule has 0 spiro atoms. The number of hydrogen-bond acceptors (Lipinski definition) is 9. The molecule has 0 radical (unpaired) electrons. The monoisotopic (exact) mass is 857 g/mol. The lowest BCUT2D eigenvalue weighted by Gasteiger charge is -2.18. The predicted octanol–water partition coefficient (Wildman–Crippen LogP) is 11.3. The zero-order valence-electron chi connectivity index (χ0n) is 37.1. The number of rotatable bonds is 40. The molecule has 1 aliphatic carbocycles. The van der Waals surface area contributed by atoms with Gasteiger partial charge >= 0.3 is 19.8 Å². The Hall–Kier alpha value is -1.88. The topological polar surface area (TPSA) is 177 Å². The van der Waals surface area contributed by atoms with Gasteiger partial charge in [0.05, 0.1) is 18.8 Å². The van der Waals surface area contributed by atoms with Crippen molar-refractivity contribution in [3.05, 3.63) is 24.3 Å². The summed E-state index contributed by atoms with van der Waals surface area (Å²) in [5, 5.41) is 20.6. The van der Waals surface area contributed by atoms with E-state index >= 15 is 0 Å². The lowest BCUT2D eigenvalue weighted by Crippen LogP contribution is -2.29. The maximum atomic E-state index is 12.5. The van der Waals surface area contributed by atoms with Gasteiger partial charge in [-0.15, -0.1) is 0 Å². The van der Waals surface area contributed by atoms with Gasteiger partial charge in [-0.25, -0.2) is 4.57 Å². The summed E-state index contributed by atoms with van der Waals surface area (Å²) in [6.45, 7) is 3.39. The van der Waals surface area contributed by atoms with E-state index in [0.717, 1.165) is 38.5 Å². The van der Waals surface area contributed by atoms with Crippen molar-refractivity contribution in [2.75, 3.05) is 13.2 Å². The van der Waals surface area contributed by atoms with Crippen molar-refractivity contribution in [3.63, 3.8) is 0 Å². The number of esters is 2. The third-order valence-corrected chi connectivity index (χ3v) is 11.8. The summed E-state index contributed by atoms with van der Waals surface area (Å²) in [5.74, 6) is -1.79. The number of hydrogen-bond donors (Lipinski definition) is 4. The summed E-state index contributed by atoms with van der Waals surface area (Å²) in [5.41, 5.74) is 0. The van der Waals surface area contributed by atoms with E-state index in [1.807, 2.05) is 12.2 Å². The van der Waals surface area contributed by atoms with E-state index in [1.54, 1.807) is 12.2 Å². The van der Waals surface area contributed by atoms with E-state index in [4.69, 9.17) is 19.3 Å². The number of Topliss-reactive ketones (excluding diaryl/α,β-unsaturated/α-hetero) is 1. The average molecular weight is 857 g/mol. The summed E-state index contributed by atoms with van der Waals surface area (Å²) < 4.78 is 26.4. The third-order valence-electron chi connectivity index (χ3n) is 11.3. The Bertz CT molecular complexity index is 1170. The predicted molar refractivity (Wildman–Crippen MR) is 236 cm³/mol. The van der Waals surface area contributed by atoms with Gasteiger partial charge in [-0.1, -0.05) is 186 Å². The molecular formula is C47H85O11P. The molecule has 5 atom stereocenters. The fourth-order valence-electron chi connectivity index (χ4n) is 7.71. The number of ether oxygens (including phenoxy) is 2. The molecule has 0 amide bonds. The fraction of sp³-hybridized carbons (Fsp3) is 0.851. The summed E-state index contributed by atoms with van der Waals surface area (Å²) >= 11 is 0. The first-order valence-corrected chi connectivity index (χ1v) is 25.3. The first-order chi connectivity index (χ1) is 28.5. The molecular weight excluding hydrogens is 771 g/mol. The van der Waals surface area contributed by atoms with Gasteiger partial charge in [-0.3, -0.25) is 18.9 Å². The van der Waals surface area contributed by atoms with Crippen LogP contribution >= 0.6 is 7.82 Å². The summed E-state index contributed by atoms with van der Waals surface area (Å²) in [6.07, 6.45) is 36.9. The van der Waals surface area contributed by atoms with Gasteiger partial charge in [0.15, 0.2) is 6.10 Å². The first-order valence-electron chi connectivity index (χ1n) is 23.7. The number of carbonyl (C=O) groups is 3. The van der Waals surface area contributed by atoms with Gasteiger partial charge in [0.1, 0.15) is 12.4 Å². The second-order valence-corrected chi connectivity index (χ2v) is 18.1. The summed E-state index contributed by atoms with van der Waals surface area (Å²) in [4.78, 5) is 55.7. The second kappa shape index (κ2) is 36.7. The van der Waals surface area contributed by atoms with Gasteiger partial charge in [-0.2, -0.15) is 0 Å². The van der Waals surface area contributed by atoms with Crippen LogP contribution in [0.1, 0.15) is 213 Å². The Labute approximate surface area is 358 Å². The molecule has 12 heteroatoms. The molecule has 1 fully saturated rings. The van der Waals surface area contributed by atoms with Crippen molar-refractivity contribution in [1.29, 1.82) is 0 Å². The maximum Gasteiger partial charge on any atom is 0.469 e. The van der Waals surface area contributed by atoms with Crippen LogP contribution in [0.4, 0.5) is 0 Å². The number of aliphatic hydroxyl groups is 2. The number of phosphoric acid groups is 1. The number of aliphatic hydroxyl groups excluding tert-OH is 2. The lowest BCUT2D eigenvalue weighted by molar-refractivity contribution is -0.161. The zero-order chi connectivity index (χ0) is 43.4. The van der Waals surface area contributed by atoms with E-state index in [9.17, 15) is 29.2 Å². The van der Waals surface area contributed by atoms with Crippen LogP contribution in [0.3, 0.4) is 0 Å². The molecule has 4 N–H and O–H groups in total. The van der Waals surface area contributed by atoms with Crippen LogP contribution in [-0.2, 0) is 32.9 Å². The van der Waals surface area contributed by atoms with E-state index in [2.05, 4.69) is 18.4 Å². The normalized spacial score (nSPS) is 18.3. The van der Waals surface area contributed by atoms with E-state index in [-0.39, 0.29) is 43.5 Å². The number of carbonyl (C=O) groups excluding carboxylic acids is 3. The number of phosphoric ester groups is 1. The Morgan fingerprint density at radius 1 is 0.695 bits per heavy atom. The Morgan fingerprint density at radius 3 is 1.71 bits per heavy atom. The highest BCUT2D eigenvalue weighted by Gasteiger charge is 2.39. The molecule has 59 heavy (non-hydrogen) atoms. The van der Waals surface area contributed by atoms with Gasteiger partial charge in [0.2, 0.25) is 0 Å². The smallest absolute Gasteiger partial charge is 0.462 e. The van der Waals surface area contributed by atoms with Crippen LogP contribution in [0.5, 0.6) is 0 Å². The summed E-state index contributed by atoms with van der Waals surface area (Å²) in [7, 11) is -4.82.